The minimum atomic E-state index is -1.08. The number of nitro groups is 1. The average Bonchev–Trinajstić information content (AvgIpc) is 2.29. The number of nitrogens with one attached hydrogen (secondary N) is 1. The number of carboxylic acids is 1. The quantitative estimate of drug-likeness (QED) is 0.636. The van der Waals surface area contributed by atoms with Crippen molar-refractivity contribution in [3.63, 3.8) is 0 Å². The molecule has 19 heavy (non-hydrogen) atoms. The fourth-order valence-corrected chi connectivity index (χ4v) is 1.94. The van der Waals surface area contributed by atoms with Gasteiger partial charge in [-0.25, -0.2) is 0 Å². The molecule has 0 saturated heterocycles. The molecule has 1 aromatic rings. The zero-order chi connectivity index (χ0) is 14.6. The molecule has 0 aliphatic heterocycles. The zero-order valence-electron chi connectivity index (χ0n) is 9.97. The van der Waals surface area contributed by atoms with Crippen molar-refractivity contribution >= 4 is 39.2 Å². The summed E-state index contributed by atoms with van der Waals surface area (Å²) in [6.07, 6.45) is -0.485. The molecule has 0 fully saturated rings. The predicted octanol–water partition coefficient (Wildman–Crippen LogP) is 2.47. The van der Waals surface area contributed by atoms with Crippen LogP contribution in [0.2, 0.25) is 0 Å². The number of amides is 1. The summed E-state index contributed by atoms with van der Waals surface area (Å²) in [5, 5.41) is 21.7. The highest BCUT2D eigenvalue weighted by atomic mass is 79.9. The average molecular weight is 331 g/mol. The van der Waals surface area contributed by atoms with Crippen LogP contribution in [0.15, 0.2) is 16.6 Å². The molecule has 1 aromatic carbocycles. The van der Waals surface area contributed by atoms with Gasteiger partial charge < -0.3 is 10.4 Å². The van der Waals surface area contributed by atoms with Gasteiger partial charge in [-0.2, -0.15) is 0 Å². The zero-order valence-corrected chi connectivity index (χ0v) is 11.6. The Kier molecular flexibility index (Phi) is 4.99. The molecule has 0 bridgehead atoms. The molecule has 0 saturated carbocycles. The highest BCUT2D eigenvalue weighted by molar-refractivity contribution is 9.10. The first-order valence-corrected chi connectivity index (χ1v) is 6.06. The SMILES string of the molecule is Cc1cc(Br)c(NC(=O)CCC(=O)O)cc1[N+](=O)[O-]. The molecule has 0 atom stereocenters. The number of rotatable bonds is 5. The Hall–Kier alpha value is -1.96. The summed E-state index contributed by atoms with van der Waals surface area (Å²) >= 11 is 3.19. The summed E-state index contributed by atoms with van der Waals surface area (Å²) in [6, 6.07) is 2.75. The largest absolute Gasteiger partial charge is 0.481 e. The Bertz CT molecular complexity index is 544. The van der Waals surface area contributed by atoms with Crippen LogP contribution in [0.4, 0.5) is 11.4 Å². The van der Waals surface area contributed by atoms with Crippen LogP contribution in [0.25, 0.3) is 0 Å². The van der Waals surface area contributed by atoms with Crippen molar-refractivity contribution in [2.24, 2.45) is 0 Å². The van der Waals surface area contributed by atoms with Gasteiger partial charge in [0, 0.05) is 22.5 Å². The van der Waals surface area contributed by atoms with Crippen LogP contribution in [0.1, 0.15) is 18.4 Å². The van der Waals surface area contributed by atoms with Crippen molar-refractivity contribution in [2.45, 2.75) is 19.8 Å². The fraction of sp³-hybridized carbons (Fsp3) is 0.273. The van der Waals surface area contributed by atoms with Crippen LogP contribution in [0.3, 0.4) is 0 Å². The summed E-state index contributed by atoms with van der Waals surface area (Å²) in [4.78, 5) is 32.0. The number of nitrogens with zero attached hydrogens (tertiary/aromatic N) is 1. The smallest absolute Gasteiger partial charge is 0.303 e. The van der Waals surface area contributed by atoms with Crippen LogP contribution >= 0.6 is 15.9 Å². The van der Waals surface area contributed by atoms with Crippen LogP contribution in [0.5, 0.6) is 0 Å². The minimum Gasteiger partial charge on any atom is -0.481 e. The van der Waals surface area contributed by atoms with Gasteiger partial charge in [0.05, 0.1) is 17.0 Å². The third kappa shape index (κ3) is 4.32. The second kappa shape index (κ2) is 6.28. The van der Waals surface area contributed by atoms with Gasteiger partial charge >= 0.3 is 5.97 Å². The number of aryl methyl sites for hydroxylation is 1. The second-order valence-electron chi connectivity index (χ2n) is 3.82. The highest BCUT2D eigenvalue weighted by Gasteiger charge is 2.16. The molecule has 0 aliphatic carbocycles. The number of halogens is 1. The maximum absolute atomic E-state index is 11.5. The van der Waals surface area contributed by atoms with E-state index in [9.17, 15) is 19.7 Å². The first kappa shape index (κ1) is 15.1. The molecular formula is C11H11BrN2O5. The molecule has 8 heteroatoms. The van der Waals surface area contributed by atoms with Crippen LogP contribution < -0.4 is 5.32 Å². The molecule has 0 heterocycles. The van der Waals surface area contributed by atoms with E-state index in [0.717, 1.165) is 0 Å². The fourth-order valence-electron chi connectivity index (χ4n) is 1.39. The molecule has 0 aliphatic rings. The minimum absolute atomic E-state index is 0.114. The number of hydrogen-bond donors (Lipinski definition) is 2. The number of carbonyl (C=O) groups excluding carboxylic acids is 1. The standard InChI is InChI=1S/C11H11BrN2O5/c1-6-4-7(12)8(5-9(6)14(18)19)13-10(15)2-3-11(16)17/h4-5H,2-3H2,1H3,(H,13,15)(H,16,17). The van der Waals surface area contributed by atoms with Crippen molar-refractivity contribution in [3.8, 4) is 0 Å². The monoisotopic (exact) mass is 330 g/mol. The van der Waals surface area contributed by atoms with Crippen molar-refractivity contribution in [1.29, 1.82) is 0 Å². The van der Waals surface area contributed by atoms with E-state index >= 15 is 0 Å². The van der Waals surface area contributed by atoms with Crippen LogP contribution in [-0.4, -0.2) is 21.9 Å². The molecule has 2 N–H and O–H groups in total. The summed E-state index contributed by atoms with van der Waals surface area (Å²) in [7, 11) is 0. The Morgan fingerprint density at radius 2 is 2.05 bits per heavy atom. The lowest BCUT2D eigenvalue weighted by Gasteiger charge is -2.08. The van der Waals surface area contributed by atoms with Crippen molar-refractivity contribution < 1.29 is 19.6 Å². The Balaban J connectivity index is 2.89. The highest BCUT2D eigenvalue weighted by Crippen LogP contribution is 2.30. The normalized spacial score (nSPS) is 10.0. The summed E-state index contributed by atoms with van der Waals surface area (Å²) in [6.45, 7) is 1.58. The van der Waals surface area contributed by atoms with Crippen LogP contribution in [-0.2, 0) is 9.59 Å². The van der Waals surface area contributed by atoms with E-state index in [1.807, 2.05) is 0 Å². The number of hydrogen-bond acceptors (Lipinski definition) is 4. The number of anilines is 1. The molecule has 7 nitrogen and oxygen atoms in total. The Morgan fingerprint density at radius 1 is 1.42 bits per heavy atom. The molecule has 0 unspecified atom stereocenters. The molecule has 1 amide bonds. The molecule has 1 rings (SSSR count). The lowest BCUT2D eigenvalue weighted by atomic mass is 10.2. The number of aliphatic carboxylic acids is 1. The maximum atomic E-state index is 11.5. The van der Waals surface area contributed by atoms with E-state index < -0.39 is 16.8 Å². The van der Waals surface area contributed by atoms with E-state index in [1.165, 1.54) is 12.1 Å². The number of carbonyl (C=O) groups is 2. The van der Waals surface area contributed by atoms with Crippen molar-refractivity contribution in [2.75, 3.05) is 5.32 Å². The van der Waals surface area contributed by atoms with Gasteiger partial charge in [0.2, 0.25) is 5.91 Å². The van der Waals surface area contributed by atoms with Gasteiger partial charge in [-0.3, -0.25) is 19.7 Å². The van der Waals surface area contributed by atoms with Gasteiger partial charge in [-0.05, 0) is 28.9 Å². The lowest BCUT2D eigenvalue weighted by molar-refractivity contribution is -0.385. The van der Waals surface area contributed by atoms with Gasteiger partial charge in [0.1, 0.15) is 0 Å². The number of carboxylic acid groups (broad SMARTS) is 1. The van der Waals surface area contributed by atoms with Crippen LogP contribution in [0, 0.1) is 17.0 Å². The molecule has 102 valence electrons. The molecule has 0 spiro atoms. The third-order valence-electron chi connectivity index (χ3n) is 2.32. The van der Waals surface area contributed by atoms with Gasteiger partial charge in [0.25, 0.3) is 5.69 Å². The lowest BCUT2D eigenvalue weighted by Crippen LogP contribution is -2.13. The first-order chi connectivity index (χ1) is 8.81. The second-order valence-corrected chi connectivity index (χ2v) is 4.67. The first-order valence-electron chi connectivity index (χ1n) is 5.27. The van der Waals surface area contributed by atoms with Gasteiger partial charge in [-0.15, -0.1) is 0 Å². The third-order valence-corrected chi connectivity index (χ3v) is 2.98. The summed E-state index contributed by atoms with van der Waals surface area (Å²) in [5.74, 6) is -1.59. The number of benzene rings is 1. The molecule has 0 radical (unpaired) electrons. The topological polar surface area (TPSA) is 110 Å². The molecule has 0 aromatic heterocycles. The van der Waals surface area contributed by atoms with Gasteiger partial charge in [0.15, 0.2) is 0 Å². The Morgan fingerprint density at radius 3 is 2.58 bits per heavy atom. The Labute approximate surface area is 116 Å². The number of nitro benzene ring substituents is 1. The van der Waals surface area contributed by atoms with Crippen molar-refractivity contribution in [3.05, 3.63) is 32.3 Å². The van der Waals surface area contributed by atoms with E-state index in [4.69, 9.17) is 5.11 Å². The van der Waals surface area contributed by atoms with E-state index in [1.54, 1.807) is 6.92 Å². The van der Waals surface area contributed by atoms with E-state index in [-0.39, 0.29) is 24.2 Å². The van der Waals surface area contributed by atoms with Crippen molar-refractivity contribution in [1.82, 2.24) is 0 Å². The summed E-state index contributed by atoms with van der Waals surface area (Å²) in [5.41, 5.74) is 0.588. The predicted molar refractivity (Wildman–Crippen MR) is 71.0 cm³/mol. The van der Waals surface area contributed by atoms with Gasteiger partial charge in [-0.1, -0.05) is 0 Å². The summed E-state index contributed by atoms with van der Waals surface area (Å²) < 4.78 is 0.499. The molecular weight excluding hydrogens is 320 g/mol. The van der Waals surface area contributed by atoms with E-state index in [2.05, 4.69) is 21.2 Å². The van der Waals surface area contributed by atoms with E-state index in [0.29, 0.717) is 10.0 Å². The maximum Gasteiger partial charge on any atom is 0.303 e.